The van der Waals surface area contributed by atoms with Gasteiger partial charge in [0.05, 0.1) is 24.7 Å². The minimum atomic E-state index is -3.82. The van der Waals surface area contributed by atoms with Crippen molar-refractivity contribution in [2.24, 2.45) is 0 Å². The molecule has 2 N–H and O–H groups in total. The lowest BCUT2D eigenvalue weighted by atomic mass is 9.73. The van der Waals surface area contributed by atoms with Crippen molar-refractivity contribution in [1.29, 1.82) is 0 Å². The second-order valence-corrected chi connectivity index (χ2v) is 12.0. The number of hydrogen-bond donors (Lipinski definition) is 2. The molecule has 1 atom stereocenters. The van der Waals surface area contributed by atoms with Crippen molar-refractivity contribution in [2.75, 3.05) is 32.1 Å². The number of oxazole rings is 1. The lowest BCUT2D eigenvalue weighted by Crippen LogP contribution is -2.64. The van der Waals surface area contributed by atoms with Crippen LogP contribution in [0.15, 0.2) is 59.0 Å². The first-order valence-corrected chi connectivity index (χ1v) is 14.7. The van der Waals surface area contributed by atoms with E-state index in [1.54, 1.807) is 54.6 Å². The van der Waals surface area contributed by atoms with Crippen LogP contribution in [0.5, 0.6) is 0 Å². The van der Waals surface area contributed by atoms with E-state index in [0.29, 0.717) is 62.2 Å². The summed E-state index contributed by atoms with van der Waals surface area (Å²) in [5, 5.41) is 5.35. The molecule has 39 heavy (non-hydrogen) atoms. The molecule has 1 saturated heterocycles. The first-order chi connectivity index (χ1) is 18.7. The Morgan fingerprint density at radius 1 is 1.00 bits per heavy atom. The summed E-state index contributed by atoms with van der Waals surface area (Å²) in [5.41, 5.74) is 0.245. The van der Waals surface area contributed by atoms with Gasteiger partial charge in [-0.3, -0.25) is 9.59 Å². The van der Waals surface area contributed by atoms with Crippen LogP contribution in [0.3, 0.4) is 0 Å². The number of rotatable bonds is 9. The topological polar surface area (TPSA) is 148 Å². The molecule has 5 rings (SSSR count). The Balaban J connectivity index is 1.36. The fourth-order valence-corrected chi connectivity index (χ4v) is 6.33. The Kier molecular flexibility index (Phi) is 7.67. The quantitative estimate of drug-likeness (QED) is 0.382. The lowest BCUT2D eigenvalue weighted by molar-refractivity contribution is -0.124. The van der Waals surface area contributed by atoms with E-state index in [1.165, 1.54) is 4.90 Å². The average molecular weight is 555 g/mol. The van der Waals surface area contributed by atoms with Crippen molar-refractivity contribution >= 4 is 38.7 Å². The van der Waals surface area contributed by atoms with E-state index in [9.17, 15) is 22.8 Å². The molecule has 0 unspecified atom stereocenters. The number of hydrogen-bond acceptors (Lipinski definition) is 8. The summed E-state index contributed by atoms with van der Waals surface area (Å²) in [4.78, 5) is 45.7. The molecule has 0 bridgehead atoms. The largest absolute Gasteiger partial charge is 0.434 e. The predicted octanol–water partition coefficient (Wildman–Crippen LogP) is 2.07. The third kappa shape index (κ3) is 6.12. The van der Waals surface area contributed by atoms with E-state index in [4.69, 9.17) is 9.15 Å². The van der Waals surface area contributed by atoms with Gasteiger partial charge >= 0.3 is 6.03 Å². The first-order valence-electron chi connectivity index (χ1n) is 12.8. The molecule has 0 spiro atoms. The van der Waals surface area contributed by atoms with E-state index >= 15 is 0 Å². The maximum Gasteiger partial charge on any atom is 0.318 e. The number of nitrogens with zero attached hydrogens (tertiary/aromatic N) is 2. The van der Waals surface area contributed by atoms with Crippen LogP contribution in [-0.2, 0) is 25.1 Å². The highest BCUT2D eigenvalue weighted by Gasteiger charge is 2.49. The summed E-state index contributed by atoms with van der Waals surface area (Å²) < 4.78 is 37.2. The molecular formula is C27H30N4O7S. The number of ketones is 1. The molecule has 0 radical (unpaired) electrons. The van der Waals surface area contributed by atoms with Gasteiger partial charge in [-0.15, -0.1) is 0 Å². The van der Waals surface area contributed by atoms with Crippen molar-refractivity contribution < 1.29 is 32.0 Å². The highest BCUT2D eigenvalue weighted by atomic mass is 32.2. The number of nitrogens with one attached hydrogen (secondary N) is 2. The van der Waals surface area contributed by atoms with E-state index < -0.39 is 44.9 Å². The zero-order valence-corrected chi connectivity index (χ0v) is 22.1. The molecule has 12 heteroatoms. The molecule has 1 aliphatic carbocycles. The van der Waals surface area contributed by atoms with Gasteiger partial charge in [-0.2, -0.15) is 0 Å². The summed E-state index contributed by atoms with van der Waals surface area (Å²) in [5.74, 6) is -2.28. The molecule has 11 nitrogen and oxygen atoms in total. The third-order valence-corrected chi connectivity index (χ3v) is 8.67. The molecule has 2 aliphatic rings. The second kappa shape index (κ2) is 11.1. The number of fused-ring (bicyclic) bond motifs is 1. The number of para-hydroxylation sites is 2. The van der Waals surface area contributed by atoms with E-state index in [0.717, 1.165) is 0 Å². The zero-order chi connectivity index (χ0) is 27.5. The van der Waals surface area contributed by atoms with Crippen LogP contribution in [-0.4, -0.2) is 79.7 Å². The van der Waals surface area contributed by atoms with Crippen molar-refractivity contribution in [1.82, 2.24) is 20.5 Å². The van der Waals surface area contributed by atoms with Crippen LogP contribution in [0.1, 0.15) is 35.5 Å². The molecule has 3 aromatic rings. The number of carbonyl (C=O) groups is 3. The molecule has 206 valence electrons. The molecular weight excluding hydrogens is 524 g/mol. The van der Waals surface area contributed by atoms with Gasteiger partial charge in [0.15, 0.2) is 15.4 Å². The average Bonchev–Trinajstić information content (AvgIpc) is 3.35. The summed E-state index contributed by atoms with van der Waals surface area (Å²) in [6, 6.07) is 13.6. The number of ether oxygens (including phenoxy) is 1. The molecule has 2 aromatic carbocycles. The number of amides is 3. The molecule has 3 amide bonds. The summed E-state index contributed by atoms with van der Waals surface area (Å²) >= 11 is 0. The van der Waals surface area contributed by atoms with Crippen LogP contribution in [0, 0.1) is 0 Å². The van der Waals surface area contributed by atoms with Crippen LogP contribution < -0.4 is 10.6 Å². The fraction of sp³-hybridized carbons (Fsp3) is 0.407. The van der Waals surface area contributed by atoms with Gasteiger partial charge in [-0.1, -0.05) is 42.5 Å². The van der Waals surface area contributed by atoms with E-state index in [-0.39, 0.29) is 11.6 Å². The van der Waals surface area contributed by atoms with Gasteiger partial charge in [-0.25, -0.2) is 18.2 Å². The van der Waals surface area contributed by atoms with Crippen LogP contribution in [0.4, 0.5) is 4.79 Å². The summed E-state index contributed by atoms with van der Waals surface area (Å²) in [6.45, 7) is 1.32. The Hall–Kier alpha value is -3.77. The Labute approximate surface area is 225 Å². The summed E-state index contributed by atoms with van der Waals surface area (Å²) in [6.07, 6.45) is 1.37. The highest BCUT2D eigenvalue weighted by molar-refractivity contribution is 7.90. The van der Waals surface area contributed by atoms with E-state index in [1.807, 2.05) is 0 Å². The van der Waals surface area contributed by atoms with Crippen LogP contribution in [0.2, 0.25) is 0 Å². The first kappa shape index (κ1) is 26.8. The van der Waals surface area contributed by atoms with Crippen molar-refractivity contribution in [3.63, 3.8) is 0 Å². The number of benzene rings is 2. The summed E-state index contributed by atoms with van der Waals surface area (Å²) in [7, 11) is -3.82. The number of urea groups is 1. The standard InChI is InChI=1S/C27H30N4O7S/c32-23(25-28-20-9-4-5-10-22(20)38-25)27(11-6-12-27)30-24(33)21(29-26(34)31-13-15-37-16-14-31)18-39(35,36)17-19-7-2-1-3-8-19/h1-5,7-10,21H,6,11-18H2,(H,29,34)(H,30,33)/t21-/m0/s1. The molecule has 1 aliphatic heterocycles. The number of Topliss-reactive ketones (excluding diaryl/α,β-unsaturated/α-hetero) is 1. The third-order valence-electron chi connectivity index (χ3n) is 7.05. The van der Waals surface area contributed by atoms with Crippen molar-refractivity contribution in [2.45, 2.75) is 36.6 Å². The molecule has 1 aromatic heterocycles. The highest BCUT2D eigenvalue weighted by Crippen LogP contribution is 2.35. The molecule has 1 saturated carbocycles. The molecule has 2 heterocycles. The van der Waals surface area contributed by atoms with E-state index in [2.05, 4.69) is 15.6 Å². The smallest absolute Gasteiger partial charge is 0.318 e. The minimum Gasteiger partial charge on any atom is -0.434 e. The van der Waals surface area contributed by atoms with Crippen molar-refractivity contribution in [3.8, 4) is 0 Å². The SMILES string of the molecule is O=C(NC1(C(=O)c2nc3ccccc3o2)CCC1)[C@H](CS(=O)(=O)Cc1ccccc1)NC(=O)N1CCOCC1. The fourth-order valence-electron chi connectivity index (χ4n) is 4.77. The second-order valence-electron chi connectivity index (χ2n) is 9.88. The zero-order valence-electron chi connectivity index (χ0n) is 21.3. The normalized spacial score (nSPS) is 17.7. The number of aromatic nitrogens is 1. The van der Waals surface area contributed by atoms with Gasteiger partial charge in [0.25, 0.3) is 5.89 Å². The van der Waals surface area contributed by atoms with Gasteiger partial charge in [-0.05, 0) is 37.0 Å². The van der Waals surface area contributed by atoms with Crippen LogP contribution in [0.25, 0.3) is 11.1 Å². The van der Waals surface area contributed by atoms with Gasteiger partial charge in [0, 0.05) is 13.1 Å². The lowest BCUT2D eigenvalue weighted by Gasteiger charge is -2.41. The number of morpholine rings is 1. The van der Waals surface area contributed by atoms with Gasteiger partial charge in [0.1, 0.15) is 17.1 Å². The number of sulfone groups is 1. The maximum atomic E-state index is 13.6. The Morgan fingerprint density at radius 2 is 1.69 bits per heavy atom. The Morgan fingerprint density at radius 3 is 2.36 bits per heavy atom. The van der Waals surface area contributed by atoms with Crippen molar-refractivity contribution in [3.05, 3.63) is 66.1 Å². The number of carbonyl (C=O) groups excluding carboxylic acids is 3. The monoisotopic (exact) mass is 554 g/mol. The Bertz CT molecular complexity index is 1430. The minimum absolute atomic E-state index is 0.123. The van der Waals surface area contributed by atoms with Crippen LogP contribution >= 0.6 is 0 Å². The maximum absolute atomic E-state index is 13.6. The predicted molar refractivity (Wildman–Crippen MR) is 142 cm³/mol. The molecule has 2 fully saturated rings. The van der Waals surface area contributed by atoms with Gasteiger partial charge < -0.3 is 24.7 Å². The van der Waals surface area contributed by atoms with Gasteiger partial charge in [0.2, 0.25) is 11.7 Å².